The summed E-state index contributed by atoms with van der Waals surface area (Å²) in [5.74, 6) is 0. The van der Waals surface area contributed by atoms with Crippen LogP contribution in [-0.4, -0.2) is 24.8 Å². The predicted octanol–water partition coefficient (Wildman–Crippen LogP) is 2.53. The normalized spacial score (nSPS) is 11.9. The lowest BCUT2D eigenvalue weighted by Gasteiger charge is -2.15. The van der Waals surface area contributed by atoms with Crippen molar-refractivity contribution in [3.8, 4) is 0 Å². The van der Waals surface area contributed by atoms with Gasteiger partial charge in [-0.05, 0) is 18.6 Å². The molecule has 0 radical (unpaired) electrons. The van der Waals surface area contributed by atoms with E-state index in [0.29, 0.717) is 11.4 Å². The number of benzene rings is 1. The maximum absolute atomic E-state index is 12.3. The van der Waals surface area contributed by atoms with Crippen molar-refractivity contribution in [1.82, 2.24) is 9.29 Å². The topological polar surface area (TPSA) is 50.3 Å². The highest BCUT2D eigenvalue weighted by molar-refractivity contribution is 7.89. The summed E-state index contributed by atoms with van der Waals surface area (Å²) >= 11 is 1.56. The van der Waals surface area contributed by atoms with E-state index in [4.69, 9.17) is 0 Å². The van der Waals surface area contributed by atoms with Crippen LogP contribution < -0.4 is 0 Å². The molecule has 1 heterocycles. The third-order valence-corrected chi connectivity index (χ3v) is 5.68. The van der Waals surface area contributed by atoms with Crippen LogP contribution in [0.25, 0.3) is 0 Å². The zero-order valence-corrected chi connectivity index (χ0v) is 12.5. The minimum absolute atomic E-state index is 0.317. The Balaban J connectivity index is 2.17. The summed E-state index contributed by atoms with van der Waals surface area (Å²) in [5.41, 5.74) is 0. The molecular weight excluding hydrogens is 280 g/mol. The summed E-state index contributed by atoms with van der Waals surface area (Å²) in [5, 5.41) is 1.03. The molecule has 0 saturated heterocycles. The molecule has 102 valence electrons. The third-order valence-electron chi connectivity index (χ3n) is 2.73. The summed E-state index contributed by atoms with van der Waals surface area (Å²) in [7, 11) is -1.83. The van der Waals surface area contributed by atoms with Crippen molar-refractivity contribution in [1.29, 1.82) is 0 Å². The fourth-order valence-electron chi connectivity index (χ4n) is 1.66. The summed E-state index contributed by atoms with van der Waals surface area (Å²) < 4.78 is 26.0. The number of aromatic nitrogens is 1. The van der Waals surface area contributed by atoms with Gasteiger partial charge in [-0.15, -0.1) is 11.3 Å². The van der Waals surface area contributed by atoms with Crippen LogP contribution in [0.2, 0.25) is 0 Å². The lowest BCUT2D eigenvalue weighted by Crippen LogP contribution is -2.26. The highest BCUT2D eigenvalue weighted by atomic mass is 32.2. The molecule has 6 heteroatoms. The minimum atomic E-state index is -3.42. The molecular formula is C13H16N2O2S2. The second kappa shape index (κ2) is 5.81. The van der Waals surface area contributed by atoms with Gasteiger partial charge in [-0.25, -0.2) is 13.4 Å². The van der Waals surface area contributed by atoms with Crippen LogP contribution in [0, 0.1) is 0 Å². The lowest BCUT2D eigenvalue weighted by molar-refractivity contribution is 0.469. The summed E-state index contributed by atoms with van der Waals surface area (Å²) in [4.78, 5) is 5.51. The van der Waals surface area contributed by atoms with Crippen LogP contribution in [0.1, 0.15) is 16.8 Å². The number of rotatable bonds is 5. The Hall–Kier alpha value is -1.24. The average molecular weight is 296 g/mol. The molecule has 4 nitrogen and oxygen atoms in total. The van der Waals surface area contributed by atoms with Gasteiger partial charge in [-0.2, -0.15) is 4.31 Å². The quantitative estimate of drug-likeness (QED) is 0.852. The van der Waals surface area contributed by atoms with E-state index >= 15 is 0 Å². The lowest BCUT2D eigenvalue weighted by atomic mass is 10.4. The molecule has 0 atom stereocenters. The number of hydrogen-bond acceptors (Lipinski definition) is 4. The zero-order valence-electron chi connectivity index (χ0n) is 10.9. The number of sulfonamides is 1. The van der Waals surface area contributed by atoms with Crippen molar-refractivity contribution in [3.05, 3.63) is 46.4 Å². The van der Waals surface area contributed by atoms with Gasteiger partial charge in [0.15, 0.2) is 0 Å². The van der Waals surface area contributed by atoms with Gasteiger partial charge in [0.2, 0.25) is 10.0 Å². The molecule has 0 bridgehead atoms. The monoisotopic (exact) mass is 296 g/mol. The van der Waals surface area contributed by atoms with E-state index in [1.54, 1.807) is 54.9 Å². The third kappa shape index (κ3) is 3.20. The van der Waals surface area contributed by atoms with Gasteiger partial charge in [0.1, 0.15) is 0 Å². The maximum atomic E-state index is 12.3. The van der Waals surface area contributed by atoms with Gasteiger partial charge in [0, 0.05) is 24.7 Å². The first kappa shape index (κ1) is 14.2. The first-order valence-electron chi connectivity index (χ1n) is 5.99. The fraction of sp³-hybridized carbons (Fsp3) is 0.308. The van der Waals surface area contributed by atoms with E-state index in [1.807, 2.05) is 6.92 Å². The van der Waals surface area contributed by atoms with Gasteiger partial charge in [-0.3, -0.25) is 0 Å². The Kier molecular flexibility index (Phi) is 4.34. The van der Waals surface area contributed by atoms with E-state index in [2.05, 4.69) is 4.98 Å². The Morgan fingerprint density at radius 3 is 2.53 bits per heavy atom. The van der Waals surface area contributed by atoms with Crippen molar-refractivity contribution in [2.45, 2.75) is 24.8 Å². The Morgan fingerprint density at radius 1 is 1.26 bits per heavy atom. The highest BCUT2D eigenvalue weighted by Crippen LogP contribution is 2.19. The maximum Gasteiger partial charge on any atom is 0.243 e. The van der Waals surface area contributed by atoms with Gasteiger partial charge in [0.25, 0.3) is 0 Å². The highest BCUT2D eigenvalue weighted by Gasteiger charge is 2.21. The van der Waals surface area contributed by atoms with Crippen LogP contribution in [0.5, 0.6) is 0 Å². The molecule has 0 fully saturated rings. The number of aryl methyl sites for hydroxylation is 1. The smallest absolute Gasteiger partial charge is 0.243 e. The van der Waals surface area contributed by atoms with Crippen molar-refractivity contribution in [3.63, 3.8) is 0 Å². The first-order chi connectivity index (χ1) is 9.04. The molecule has 1 aromatic heterocycles. The number of nitrogens with zero attached hydrogens (tertiary/aromatic N) is 2. The van der Waals surface area contributed by atoms with E-state index in [-0.39, 0.29) is 0 Å². The molecule has 1 aromatic carbocycles. The fourth-order valence-corrected chi connectivity index (χ4v) is 3.83. The van der Waals surface area contributed by atoms with E-state index in [1.165, 1.54) is 4.31 Å². The molecule has 0 N–H and O–H groups in total. The molecule has 2 aromatic rings. The van der Waals surface area contributed by atoms with E-state index < -0.39 is 10.0 Å². The molecule has 19 heavy (non-hydrogen) atoms. The number of hydrogen-bond donors (Lipinski definition) is 0. The van der Waals surface area contributed by atoms with E-state index in [0.717, 1.165) is 16.3 Å². The summed E-state index contributed by atoms with van der Waals surface area (Å²) in [6, 6.07) is 8.47. The van der Waals surface area contributed by atoms with Crippen molar-refractivity contribution < 1.29 is 8.42 Å². The van der Waals surface area contributed by atoms with Gasteiger partial charge in [0.05, 0.1) is 9.90 Å². The second-order valence-corrected chi connectivity index (χ2v) is 7.39. The standard InChI is InChI=1S/C13H16N2O2S2/c1-3-13-14-9-11(18-13)10-15(2)19(16,17)12-7-5-4-6-8-12/h4-9H,3,10H2,1-2H3. The molecule has 0 aliphatic carbocycles. The van der Waals surface area contributed by atoms with Crippen LogP contribution in [0.15, 0.2) is 41.4 Å². The first-order valence-corrected chi connectivity index (χ1v) is 8.24. The molecule has 0 saturated carbocycles. The Bertz CT molecular complexity index is 636. The van der Waals surface area contributed by atoms with Crippen LogP contribution in [-0.2, 0) is 23.0 Å². The van der Waals surface area contributed by atoms with Crippen molar-refractivity contribution in [2.24, 2.45) is 0 Å². The van der Waals surface area contributed by atoms with E-state index in [9.17, 15) is 8.42 Å². The van der Waals surface area contributed by atoms with Crippen molar-refractivity contribution in [2.75, 3.05) is 7.05 Å². The minimum Gasteiger partial charge on any atom is -0.249 e. The molecule has 0 unspecified atom stereocenters. The van der Waals surface area contributed by atoms with Crippen LogP contribution in [0.3, 0.4) is 0 Å². The van der Waals surface area contributed by atoms with Gasteiger partial charge in [-0.1, -0.05) is 25.1 Å². The summed E-state index contributed by atoms with van der Waals surface area (Å²) in [6.45, 7) is 2.39. The van der Waals surface area contributed by atoms with Gasteiger partial charge >= 0.3 is 0 Å². The Morgan fingerprint density at radius 2 is 1.95 bits per heavy atom. The Labute approximate surface area is 117 Å². The largest absolute Gasteiger partial charge is 0.249 e. The number of thiazole rings is 1. The average Bonchev–Trinajstić information content (AvgIpc) is 2.87. The molecule has 0 spiro atoms. The second-order valence-electron chi connectivity index (χ2n) is 4.15. The SMILES string of the molecule is CCc1ncc(CN(C)S(=O)(=O)c2ccccc2)s1. The van der Waals surface area contributed by atoms with Crippen molar-refractivity contribution >= 4 is 21.4 Å². The molecule has 2 rings (SSSR count). The zero-order chi connectivity index (χ0) is 13.9. The van der Waals surface area contributed by atoms with Crippen LogP contribution >= 0.6 is 11.3 Å². The van der Waals surface area contributed by atoms with Crippen LogP contribution in [0.4, 0.5) is 0 Å². The van der Waals surface area contributed by atoms with Gasteiger partial charge < -0.3 is 0 Å². The predicted molar refractivity (Wildman–Crippen MR) is 76.6 cm³/mol. The summed E-state index contributed by atoms with van der Waals surface area (Å²) in [6.07, 6.45) is 2.63. The molecule has 0 aliphatic rings. The molecule has 0 aliphatic heterocycles. The molecule has 0 amide bonds.